The number of aromatic nitrogens is 1. The summed E-state index contributed by atoms with van der Waals surface area (Å²) in [6, 6.07) is 9.67. The van der Waals surface area contributed by atoms with Crippen LogP contribution in [0.25, 0.3) is 0 Å². The van der Waals surface area contributed by atoms with Crippen molar-refractivity contribution in [2.24, 2.45) is 0 Å². The van der Waals surface area contributed by atoms with Gasteiger partial charge < -0.3 is 5.32 Å². The Morgan fingerprint density at radius 3 is 2.55 bits per heavy atom. The van der Waals surface area contributed by atoms with Gasteiger partial charge in [-0.1, -0.05) is 32.0 Å². The first-order valence-electron chi connectivity index (χ1n) is 6.83. The van der Waals surface area contributed by atoms with Crippen LogP contribution in [0.2, 0.25) is 0 Å². The quantitative estimate of drug-likeness (QED) is 0.911. The van der Waals surface area contributed by atoms with Gasteiger partial charge in [0.2, 0.25) is 0 Å². The molecule has 0 aliphatic rings. The smallest absolute Gasteiger partial charge is 0.257 e. The van der Waals surface area contributed by atoms with Crippen molar-refractivity contribution in [3.8, 4) is 0 Å². The number of para-hydroxylation sites is 1. The highest BCUT2D eigenvalue weighted by atomic mass is 16.1. The summed E-state index contributed by atoms with van der Waals surface area (Å²) in [6.07, 6.45) is 1.69. The van der Waals surface area contributed by atoms with Gasteiger partial charge in [0.25, 0.3) is 5.91 Å². The third kappa shape index (κ3) is 2.87. The van der Waals surface area contributed by atoms with Crippen molar-refractivity contribution < 1.29 is 4.79 Å². The van der Waals surface area contributed by atoms with Gasteiger partial charge in [-0.25, -0.2) is 0 Å². The Morgan fingerprint density at radius 1 is 1.15 bits per heavy atom. The van der Waals surface area contributed by atoms with Crippen LogP contribution in [0.1, 0.15) is 46.9 Å². The molecule has 1 amide bonds. The molecule has 1 aromatic carbocycles. The van der Waals surface area contributed by atoms with Gasteiger partial charge in [0.05, 0.1) is 5.56 Å². The molecule has 0 saturated heterocycles. The molecule has 0 bridgehead atoms. The molecule has 1 heterocycles. The molecule has 0 aliphatic heterocycles. The van der Waals surface area contributed by atoms with E-state index in [1.165, 1.54) is 0 Å². The van der Waals surface area contributed by atoms with Gasteiger partial charge in [-0.3, -0.25) is 9.78 Å². The molecular weight excluding hydrogens is 248 g/mol. The summed E-state index contributed by atoms with van der Waals surface area (Å²) in [4.78, 5) is 16.6. The molecule has 0 spiro atoms. The summed E-state index contributed by atoms with van der Waals surface area (Å²) in [5, 5.41) is 3.04. The lowest BCUT2D eigenvalue weighted by Gasteiger charge is -2.16. The van der Waals surface area contributed by atoms with Crippen LogP contribution in [0.15, 0.2) is 36.5 Å². The molecule has 3 heteroatoms. The molecule has 0 atom stereocenters. The standard InChI is InChI=1S/C17H20N2O/c1-11(2)14-8-5-7-12(3)16(14)19-17(20)15-9-6-10-18-13(15)4/h5-11H,1-4H3,(H,19,20). The molecule has 2 aromatic rings. The number of pyridine rings is 1. The molecule has 104 valence electrons. The van der Waals surface area contributed by atoms with Crippen LogP contribution in [-0.4, -0.2) is 10.9 Å². The third-order valence-electron chi connectivity index (χ3n) is 3.42. The molecule has 3 nitrogen and oxygen atoms in total. The van der Waals surface area contributed by atoms with Crippen LogP contribution in [-0.2, 0) is 0 Å². The Balaban J connectivity index is 2.36. The summed E-state index contributed by atoms with van der Waals surface area (Å²) < 4.78 is 0. The first-order chi connectivity index (χ1) is 9.50. The van der Waals surface area contributed by atoms with E-state index in [0.29, 0.717) is 11.5 Å². The van der Waals surface area contributed by atoms with Gasteiger partial charge in [-0.15, -0.1) is 0 Å². The second-order valence-corrected chi connectivity index (χ2v) is 5.28. The summed E-state index contributed by atoms with van der Waals surface area (Å²) in [6.45, 7) is 8.10. The highest BCUT2D eigenvalue weighted by Gasteiger charge is 2.14. The average molecular weight is 268 g/mol. The highest BCUT2D eigenvalue weighted by Crippen LogP contribution is 2.27. The van der Waals surface area contributed by atoms with Crippen LogP contribution >= 0.6 is 0 Å². The molecular formula is C17H20N2O. The molecule has 0 fully saturated rings. The van der Waals surface area contributed by atoms with Gasteiger partial charge in [0.1, 0.15) is 0 Å². The largest absolute Gasteiger partial charge is 0.321 e. The fourth-order valence-corrected chi connectivity index (χ4v) is 2.25. The van der Waals surface area contributed by atoms with Crippen LogP contribution in [0.5, 0.6) is 0 Å². The van der Waals surface area contributed by atoms with E-state index >= 15 is 0 Å². The maximum atomic E-state index is 12.4. The van der Waals surface area contributed by atoms with Crippen LogP contribution in [0.4, 0.5) is 5.69 Å². The van der Waals surface area contributed by atoms with E-state index in [0.717, 1.165) is 22.5 Å². The maximum Gasteiger partial charge on any atom is 0.257 e. The molecule has 1 aromatic heterocycles. The first kappa shape index (κ1) is 14.3. The van der Waals surface area contributed by atoms with E-state index in [4.69, 9.17) is 0 Å². The molecule has 1 N–H and O–H groups in total. The van der Waals surface area contributed by atoms with Crippen LogP contribution < -0.4 is 5.32 Å². The number of aryl methyl sites for hydroxylation is 2. The topological polar surface area (TPSA) is 42.0 Å². The van der Waals surface area contributed by atoms with Gasteiger partial charge in [0, 0.05) is 17.6 Å². The number of nitrogens with one attached hydrogen (secondary N) is 1. The van der Waals surface area contributed by atoms with Crippen molar-refractivity contribution >= 4 is 11.6 Å². The Morgan fingerprint density at radius 2 is 1.90 bits per heavy atom. The second kappa shape index (κ2) is 5.87. The summed E-state index contributed by atoms with van der Waals surface area (Å²) in [5.74, 6) is 0.256. The van der Waals surface area contributed by atoms with E-state index < -0.39 is 0 Å². The Labute approximate surface area is 120 Å². The molecule has 0 unspecified atom stereocenters. The minimum absolute atomic E-state index is 0.105. The predicted octanol–water partition coefficient (Wildman–Crippen LogP) is 4.07. The minimum Gasteiger partial charge on any atom is -0.321 e. The molecule has 20 heavy (non-hydrogen) atoms. The lowest BCUT2D eigenvalue weighted by Crippen LogP contribution is -2.16. The monoisotopic (exact) mass is 268 g/mol. The number of hydrogen-bond donors (Lipinski definition) is 1. The van der Waals surface area contributed by atoms with Crippen molar-refractivity contribution in [1.82, 2.24) is 4.98 Å². The van der Waals surface area contributed by atoms with Crippen molar-refractivity contribution in [2.45, 2.75) is 33.6 Å². The fraction of sp³-hybridized carbons (Fsp3) is 0.294. The summed E-state index contributed by atoms with van der Waals surface area (Å²) in [7, 11) is 0. The first-order valence-corrected chi connectivity index (χ1v) is 6.83. The van der Waals surface area contributed by atoms with Gasteiger partial charge in [-0.2, -0.15) is 0 Å². The fourth-order valence-electron chi connectivity index (χ4n) is 2.25. The Kier molecular flexibility index (Phi) is 4.18. The van der Waals surface area contributed by atoms with Crippen molar-refractivity contribution in [3.05, 3.63) is 58.9 Å². The SMILES string of the molecule is Cc1cccc(C(C)C)c1NC(=O)c1cccnc1C. The van der Waals surface area contributed by atoms with E-state index in [1.807, 2.05) is 26.0 Å². The Hall–Kier alpha value is -2.16. The van der Waals surface area contributed by atoms with E-state index in [-0.39, 0.29) is 5.91 Å². The zero-order valence-electron chi connectivity index (χ0n) is 12.4. The number of anilines is 1. The second-order valence-electron chi connectivity index (χ2n) is 5.28. The number of benzene rings is 1. The summed E-state index contributed by atoms with van der Waals surface area (Å²) in [5.41, 5.74) is 4.50. The third-order valence-corrected chi connectivity index (χ3v) is 3.42. The van der Waals surface area contributed by atoms with E-state index in [1.54, 1.807) is 18.3 Å². The molecule has 0 saturated carbocycles. The Bertz CT molecular complexity index is 633. The molecule has 0 aliphatic carbocycles. The van der Waals surface area contributed by atoms with Crippen molar-refractivity contribution in [2.75, 3.05) is 5.32 Å². The maximum absolute atomic E-state index is 12.4. The van der Waals surface area contributed by atoms with E-state index in [2.05, 4.69) is 30.2 Å². The number of hydrogen-bond acceptors (Lipinski definition) is 2. The van der Waals surface area contributed by atoms with Gasteiger partial charge in [0.15, 0.2) is 0 Å². The number of nitrogens with zero attached hydrogens (tertiary/aromatic N) is 1. The molecule has 2 rings (SSSR count). The van der Waals surface area contributed by atoms with Crippen LogP contribution in [0, 0.1) is 13.8 Å². The average Bonchev–Trinajstić information content (AvgIpc) is 2.41. The zero-order chi connectivity index (χ0) is 14.7. The van der Waals surface area contributed by atoms with Crippen molar-refractivity contribution in [1.29, 1.82) is 0 Å². The highest BCUT2D eigenvalue weighted by molar-refractivity contribution is 6.05. The van der Waals surface area contributed by atoms with Crippen molar-refractivity contribution in [3.63, 3.8) is 0 Å². The van der Waals surface area contributed by atoms with E-state index in [9.17, 15) is 4.79 Å². The van der Waals surface area contributed by atoms with Crippen LogP contribution in [0.3, 0.4) is 0 Å². The predicted molar refractivity (Wildman–Crippen MR) is 82.2 cm³/mol. The number of carbonyl (C=O) groups is 1. The lowest BCUT2D eigenvalue weighted by molar-refractivity contribution is 0.102. The number of carbonyl (C=O) groups excluding carboxylic acids is 1. The lowest BCUT2D eigenvalue weighted by atomic mass is 9.98. The van der Waals surface area contributed by atoms with Gasteiger partial charge in [-0.05, 0) is 43.0 Å². The molecule has 0 radical (unpaired) electrons. The zero-order valence-corrected chi connectivity index (χ0v) is 12.4. The minimum atomic E-state index is -0.105. The van der Waals surface area contributed by atoms with Gasteiger partial charge >= 0.3 is 0 Å². The normalized spacial score (nSPS) is 10.7. The number of amides is 1. The summed E-state index contributed by atoms with van der Waals surface area (Å²) >= 11 is 0. The number of rotatable bonds is 3.